The van der Waals surface area contributed by atoms with Crippen LogP contribution in [0.5, 0.6) is 0 Å². The summed E-state index contributed by atoms with van der Waals surface area (Å²) in [4.78, 5) is 11.9. The average Bonchev–Trinajstić information content (AvgIpc) is 2.59. The molecule has 0 amide bonds. The second-order valence-electron chi connectivity index (χ2n) is 3.38. The molecule has 0 atom stereocenters. The van der Waals surface area contributed by atoms with E-state index in [0.717, 1.165) is 18.5 Å². The summed E-state index contributed by atoms with van der Waals surface area (Å²) >= 11 is 3.29. The molecular weight excluding hydrogens is 272 g/mol. The number of H-pyrrole nitrogens is 1. The van der Waals surface area contributed by atoms with E-state index < -0.39 is 0 Å². The normalized spacial score (nSPS) is 10.6. The van der Waals surface area contributed by atoms with Crippen molar-refractivity contribution in [2.75, 3.05) is 0 Å². The van der Waals surface area contributed by atoms with Gasteiger partial charge in [-0.1, -0.05) is 13.3 Å². The molecule has 0 aliphatic carbocycles. The van der Waals surface area contributed by atoms with Gasteiger partial charge >= 0.3 is 0 Å². The third-order valence-corrected chi connectivity index (χ3v) is 3.01. The van der Waals surface area contributed by atoms with Crippen LogP contribution < -0.4 is 5.56 Å². The second-order valence-corrected chi connectivity index (χ2v) is 4.17. The SMILES string of the molecule is CCCc1[nH]n(-c2cccnn2)c(=O)c1Br. The summed E-state index contributed by atoms with van der Waals surface area (Å²) in [6.45, 7) is 2.06. The van der Waals surface area contributed by atoms with Crippen LogP contribution in [0.15, 0.2) is 27.6 Å². The Morgan fingerprint density at radius 1 is 1.56 bits per heavy atom. The van der Waals surface area contributed by atoms with E-state index in [-0.39, 0.29) is 5.56 Å². The maximum absolute atomic E-state index is 11.9. The van der Waals surface area contributed by atoms with Gasteiger partial charge in [-0.15, -0.1) is 5.10 Å². The maximum Gasteiger partial charge on any atom is 0.287 e. The first-order valence-corrected chi connectivity index (χ1v) is 5.80. The van der Waals surface area contributed by atoms with Crippen molar-refractivity contribution in [2.45, 2.75) is 19.8 Å². The topological polar surface area (TPSA) is 63.6 Å². The molecule has 0 unspecified atom stereocenters. The van der Waals surface area contributed by atoms with Crippen molar-refractivity contribution in [2.24, 2.45) is 0 Å². The first-order chi connectivity index (χ1) is 7.74. The summed E-state index contributed by atoms with van der Waals surface area (Å²) in [5, 5.41) is 10.6. The molecular formula is C10H11BrN4O. The fraction of sp³-hybridized carbons (Fsp3) is 0.300. The van der Waals surface area contributed by atoms with Gasteiger partial charge in [0.15, 0.2) is 5.82 Å². The molecule has 0 radical (unpaired) electrons. The van der Waals surface area contributed by atoms with E-state index >= 15 is 0 Å². The van der Waals surface area contributed by atoms with Gasteiger partial charge in [-0.05, 0) is 34.5 Å². The number of nitrogens with one attached hydrogen (secondary N) is 1. The van der Waals surface area contributed by atoms with Crippen molar-refractivity contribution in [1.29, 1.82) is 0 Å². The van der Waals surface area contributed by atoms with E-state index in [0.29, 0.717) is 10.3 Å². The number of halogens is 1. The van der Waals surface area contributed by atoms with Crippen LogP contribution in [0, 0.1) is 0 Å². The molecule has 2 heterocycles. The number of hydrogen-bond donors (Lipinski definition) is 1. The number of rotatable bonds is 3. The van der Waals surface area contributed by atoms with E-state index in [1.807, 2.05) is 0 Å². The fourth-order valence-electron chi connectivity index (χ4n) is 1.45. The van der Waals surface area contributed by atoms with Crippen molar-refractivity contribution in [3.05, 3.63) is 38.9 Å². The van der Waals surface area contributed by atoms with Gasteiger partial charge in [-0.2, -0.15) is 9.78 Å². The Bertz CT molecular complexity index is 531. The van der Waals surface area contributed by atoms with Crippen molar-refractivity contribution in [3.8, 4) is 5.82 Å². The van der Waals surface area contributed by atoms with Crippen LogP contribution in [-0.4, -0.2) is 20.0 Å². The van der Waals surface area contributed by atoms with E-state index in [2.05, 4.69) is 38.1 Å². The third kappa shape index (κ3) is 1.92. The lowest BCUT2D eigenvalue weighted by atomic mass is 10.3. The number of aryl methyl sites for hydroxylation is 1. The molecule has 0 spiro atoms. The van der Waals surface area contributed by atoms with Crippen LogP contribution in [0.4, 0.5) is 0 Å². The van der Waals surface area contributed by atoms with Crippen molar-refractivity contribution in [3.63, 3.8) is 0 Å². The average molecular weight is 283 g/mol. The van der Waals surface area contributed by atoms with Gasteiger partial charge in [0.25, 0.3) is 5.56 Å². The van der Waals surface area contributed by atoms with Gasteiger partial charge in [-0.3, -0.25) is 9.89 Å². The highest BCUT2D eigenvalue weighted by molar-refractivity contribution is 9.10. The summed E-state index contributed by atoms with van der Waals surface area (Å²) in [5.41, 5.74) is 0.752. The number of hydrogen-bond acceptors (Lipinski definition) is 3. The lowest BCUT2D eigenvalue weighted by Crippen LogP contribution is -2.16. The second kappa shape index (κ2) is 4.61. The van der Waals surface area contributed by atoms with Crippen LogP contribution in [-0.2, 0) is 6.42 Å². The molecule has 0 saturated heterocycles. The Hall–Kier alpha value is -1.43. The van der Waals surface area contributed by atoms with E-state index in [1.54, 1.807) is 18.3 Å². The number of aromatic amines is 1. The first kappa shape index (κ1) is 11.1. The maximum atomic E-state index is 11.9. The van der Waals surface area contributed by atoms with Crippen LogP contribution in [0.3, 0.4) is 0 Å². The van der Waals surface area contributed by atoms with Gasteiger partial charge in [0.05, 0.1) is 5.69 Å². The molecule has 6 heteroatoms. The molecule has 5 nitrogen and oxygen atoms in total. The van der Waals surface area contributed by atoms with Crippen LogP contribution >= 0.6 is 15.9 Å². The minimum atomic E-state index is -0.135. The smallest absolute Gasteiger partial charge is 0.287 e. The summed E-state index contributed by atoms with van der Waals surface area (Å²) in [6.07, 6.45) is 3.36. The van der Waals surface area contributed by atoms with Crippen LogP contribution in [0.1, 0.15) is 19.0 Å². The Balaban J connectivity index is 2.51. The number of aromatic nitrogens is 4. The Morgan fingerprint density at radius 3 is 3.00 bits per heavy atom. The Labute approximate surface area is 101 Å². The molecule has 0 fully saturated rings. The first-order valence-electron chi connectivity index (χ1n) is 5.01. The monoisotopic (exact) mass is 282 g/mol. The number of nitrogens with zero attached hydrogens (tertiary/aromatic N) is 3. The third-order valence-electron chi connectivity index (χ3n) is 2.19. The van der Waals surface area contributed by atoms with E-state index in [9.17, 15) is 4.79 Å². The molecule has 84 valence electrons. The lowest BCUT2D eigenvalue weighted by molar-refractivity contribution is 0.759. The quantitative estimate of drug-likeness (QED) is 0.932. The highest BCUT2D eigenvalue weighted by atomic mass is 79.9. The Kier molecular flexibility index (Phi) is 3.19. The van der Waals surface area contributed by atoms with Crippen molar-refractivity contribution < 1.29 is 0 Å². The van der Waals surface area contributed by atoms with Crippen molar-refractivity contribution in [1.82, 2.24) is 20.0 Å². The summed E-state index contributed by atoms with van der Waals surface area (Å²) in [6, 6.07) is 3.47. The summed E-state index contributed by atoms with van der Waals surface area (Å²) < 4.78 is 1.96. The molecule has 0 aliphatic heterocycles. The van der Waals surface area contributed by atoms with Gasteiger partial charge < -0.3 is 0 Å². The van der Waals surface area contributed by atoms with Gasteiger partial charge in [0, 0.05) is 6.20 Å². The minimum absolute atomic E-state index is 0.135. The zero-order chi connectivity index (χ0) is 11.5. The van der Waals surface area contributed by atoms with Gasteiger partial charge in [0.2, 0.25) is 0 Å². The van der Waals surface area contributed by atoms with Gasteiger partial charge in [0.1, 0.15) is 4.47 Å². The molecule has 16 heavy (non-hydrogen) atoms. The highest BCUT2D eigenvalue weighted by Crippen LogP contribution is 2.12. The molecule has 2 rings (SSSR count). The zero-order valence-electron chi connectivity index (χ0n) is 8.77. The zero-order valence-corrected chi connectivity index (χ0v) is 10.4. The minimum Gasteiger partial charge on any atom is -0.292 e. The van der Waals surface area contributed by atoms with E-state index in [4.69, 9.17) is 0 Å². The van der Waals surface area contributed by atoms with Crippen molar-refractivity contribution >= 4 is 15.9 Å². The lowest BCUT2D eigenvalue weighted by Gasteiger charge is -1.98. The molecule has 0 aromatic carbocycles. The Morgan fingerprint density at radius 2 is 2.38 bits per heavy atom. The standard InChI is InChI=1S/C10H11BrN4O/c1-2-4-7-9(11)10(16)15(14-7)8-5-3-6-12-13-8/h3,5-6,14H,2,4H2,1H3. The largest absolute Gasteiger partial charge is 0.292 e. The molecule has 2 aromatic rings. The highest BCUT2D eigenvalue weighted by Gasteiger charge is 2.12. The van der Waals surface area contributed by atoms with Crippen LogP contribution in [0.2, 0.25) is 0 Å². The molecule has 2 aromatic heterocycles. The molecule has 1 N–H and O–H groups in total. The predicted octanol–water partition coefficient (Wildman–Crippen LogP) is 1.67. The molecule has 0 aliphatic rings. The molecule has 0 bridgehead atoms. The summed E-state index contributed by atoms with van der Waals surface area (Å²) in [5.74, 6) is 0.496. The fourth-order valence-corrected chi connectivity index (χ4v) is 1.92. The molecule has 0 saturated carbocycles. The van der Waals surface area contributed by atoms with E-state index in [1.165, 1.54) is 4.68 Å². The van der Waals surface area contributed by atoms with Gasteiger partial charge in [-0.25, -0.2) is 0 Å². The van der Waals surface area contributed by atoms with Crippen LogP contribution in [0.25, 0.3) is 5.82 Å². The predicted molar refractivity (Wildman–Crippen MR) is 63.7 cm³/mol. The summed E-state index contributed by atoms with van der Waals surface area (Å²) in [7, 11) is 0.